The topological polar surface area (TPSA) is 83.8 Å². The summed E-state index contributed by atoms with van der Waals surface area (Å²) >= 11 is 0. The molecule has 0 fully saturated rings. The predicted molar refractivity (Wildman–Crippen MR) is 59.6 cm³/mol. The molecule has 1 aromatic carbocycles. The second-order valence-corrected chi connectivity index (χ2v) is 3.64. The lowest BCUT2D eigenvalue weighted by molar-refractivity contribution is -0.139. The molecular formula is C12H9F3O5. The standard InChI is InChI=1S/C12H9F3O5/c13-12(14,15)8-3-1-2-7(4-8)6-20-9(11(18)19)5-10(16)17/h1-5H,6H2,(H,16,17)(H,18,19)/b9-5+. The first-order valence-electron chi connectivity index (χ1n) is 5.17. The molecular weight excluding hydrogens is 281 g/mol. The van der Waals surface area contributed by atoms with Gasteiger partial charge in [-0.05, 0) is 17.7 Å². The summed E-state index contributed by atoms with van der Waals surface area (Å²) in [6.07, 6.45) is -4.21. The van der Waals surface area contributed by atoms with E-state index in [2.05, 4.69) is 4.74 Å². The third kappa shape index (κ3) is 4.63. The normalized spacial score (nSPS) is 12.1. The largest absolute Gasteiger partial charge is 0.481 e. The maximum absolute atomic E-state index is 12.4. The molecule has 0 unspecified atom stereocenters. The monoisotopic (exact) mass is 290 g/mol. The Balaban J connectivity index is 2.84. The maximum atomic E-state index is 12.4. The summed E-state index contributed by atoms with van der Waals surface area (Å²) in [4.78, 5) is 21.0. The van der Waals surface area contributed by atoms with E-state index in [0.717, 1.165) is 18.2 Å². The summed E-state index contributed by atoms with van der Waals surface area (Å²) in [6.45, 7) is -0.491. The average Bonchev–Trinajstić information content (AvgIpc) is 2.33. The van der Waals surface area contributed by atoms with E-state index in [-0.39, 0.29) is 5.56 Å². The van der Waals surface area contributed by atoms with E-state index in [1.807, 2.05) is 0 Å². The Bertz CT molecular complexity index is 548. The zero-order chi connectivity index (χ0) is 15.3. The van der Waals surface area contributed by atoms with Crippen molar-refractivity contribution in [2.24, 2.45) is 0 Å². The Hall–Kier alpha value is -2.51. The minimum atomic E-state index is -4.53. The second kappa shape index (κ2) is 6.09. The highest BCUT2D eigenvalue weighted by Crippen LogP contribution is 2.29. The lowest BCUT2D eigenvalue weighted by Crippen LogP contribution is -2.09. The molecule has 108 valence electrons. The molecule has 0 bridgehead atoms. The first-order valence-corrected chi connectivity index (χ1v) is 5.17. The fraction of sp³-hybridized carbons (Fsp3) is 0.167. The molecule has 1 aromatic rings. The molecule has 8 heteroatoms. The molecule has 0 atom stereocenters. The van der Waals surface area contributed by atoms with Gasteiger partial charge in [-0.15, -0.1) is 0 Å². The average molecular weight is 290 g/mol. The number of rotatable bonds is 5. The van der Waals surface area contributed by atoms with E-state index in [1.54, 1.807) is 0 Å². The molecule has 0 spiro atoms. The number of benzene rings is 1. The summed E-state index contributed by atoms with van der Waals surface area (Å²) in [7, 11) is 0. The Labute approximate surface area is 110 Å². The van der Waals surface area contributed by atoms with Crippen LogP contribution in [0, 0.1) is 0 Å². The lowest BCUT2D eigenvalue weighted by Gasteiger charge is -2.10. The zero-order valence-corrected chi connectivity index (χ0v) is 9.85. The maximum Gasteiger partial charge on any atom is 0.416 e. The van der Waals surface area contributed by atoms with Crippen LogP contribution in [-0.2, 0) is 27.1 Å². The molecule has 5 nitrogen and oxygen atoms in total. The van der Waals surface area contributed by atoms with Gasteiger partial charge in [-0.2, -0.15) is 13.2 Å². The molecule has 0 radical (unpaired) electrons. The number of carbonyl (C=O) groups is 2. The molecule has 0 heterocycles. The molecule has 0 aliphatic heterocycles. The number of ether oxygens (including phenoxy) is 1. The van der Waals surface area contributed by atoms with Gasteiger partial charge in [-0.25, -0.2) is 9.59 Å². The van der Waals surface area contributed by atoms with Crippen LogP contribution in [0.3, 0.4) is 0 Å². The second-order valence-electron chi connectivity index (χ2n) is 3.64. The van der Waals surface area contributed by atoms with Crippen LogP contribution in [0.25, 0.3) is 0 Å². The van der Waals surface area contributed by atoms with Crippen LogP contribution in [0.5, 0.6) is 0 Å². The predicted octanol–water partition coefficient (Wildman–Crippen LogP) is 2.28. The van der Waals surface area contributed by atoms with Gasteiger partial charge in [0.25, 0.3) is 0 Å². The molecule has 1 rings (SSSR count). The highest BCUT2D eigenvalue weighted by molar-refractivity contribution is 5.92. The molecule has 2 N–H and O–H groups in total. The van der Waals surface area contributed by atoms with Crippen LogP contribution in [0.2, 0.25) is 0 Å². The van der Waals surface area contributed by atoms with Crippen molar-refractivity contribution >= 4 is 11.9 Å². The summed E-state index contributed by atoms with van der Waals surface area (Å²) in [5.74, 6) is -4.03. The Kier molecular flexibility index (Phi) is 4.73. The number of hydrogen-bond donors (Lipinski definition) is 2. The first kappa shape index (κ1) is 15.5. The summed E-state index contributed by atoms with van der Waals surface area (Å²) < 4.78 is 42.0. The van der Waals surface area contributed by atoms with Crippen molar-refractivity contribution in [3.63, 3.8) is 0 Å². The van der Waals surface area contributed by atoms with Gasteiger partial charge >= 0.3 is 18.1 Å². The van der Waals surface area contributed by atoms with E-state index in [9.17, 15) is 22.8 Å². The third-order valence-corrected chi connectivity index (χ3v) is 2.11. The smallest absolute Gasteiger partial charge is 0.416 e. The number of alkyl halides is 3. The highest BCUT2D eigenvalue weighted by Gasteiger charge is 2.30. The Morgan fingerprint density at radius 2 is 1.90 bits per heavy atom. The van der Waals surface area contributed by atoms with Gasteiger partial charge in [0.1, 0.15) is 6.61 Å². The van der Waals surface area contributed by atoms with Gasteiger partial charge in [-0.3, -0.25) is 0 Å². The first-order chi connectivity index (χ1) is 9.20. The number of hydrogen-bond acceptors (Lipinski definition) is 3. The molecule has 0 amide bonds. The number of aliphatic carboxylic acids is 2. The van der Waals surface area contributed by atoms with E-state index in [4.69, 9.17) is 10.2 Å². The SMILES string of the molecule is O=C(O)/C=C(/OCc1cccc(C(F)(F)F)c1)C(=O)O. The molecule has 0 saturated heterocycles. The van der Waals surface area contributed by atoms with E-state index in [0.29, 0.717) is 6.08 Å². The summed E-state index contributed by atoms with van der Waals surface area (Å²) in [5, 5.41) is 17.1. The van der Waals surface area contributed by atoms with Crippen molar-refractivity contribution in [3.8, 4) is 0 Å². The van der Waals surface area contributed by atoms with Gasteiger partial charge in [0.05, 0.1) is 11.6 Å². The molecule has 0 aliphatic rings. The number of halogens is 3. The van der Waals surface area contributed by atoms with E-state index >= 15 is 0 Å². The van der Waals surface area contributed by atoms with Crippen LogP contribution in [-0.4, -0.2) is 22.2 Å². The van der Waals surface area contributed by atoms with Crippen molar-refractivity contribution in [1.82, 2.24) is 0 Å². The minimum Gasteiger partial charge on any atom is -0.481 e. The van der Waals surface area contributed by atoms with Gasteiger partial charge in [0.15, 0.2) is 0 Å². The Morgan fingerprint density at radius 1 is 1.25 bits per heavy atom. The van der Waals surface area contributed by atoms with Crippen molar-refractivity contribution in [2.45, 2.75) is 12.8 Å². The van der Waals surface area contributed by atoms with E-state index in [1.165, 1.54) is 6.07 Å². The summed E-state index contributed by atoms with van der Waals surface area (Å²) in [6, 6.07) is 4.09. The molecule has 20 heavy (non-hydrogen) atoms. The van der Waals surface area contributed by atoms with Gasteiger partial charge in [0.2, 0.25) is 5.76 Å². The third-order valence-electron chi connectivity index (χ3n) is 2.11. The van der Waals surface area contributed by atoms with Crippen LogP contribution in [0.15, 0.2) is 36.1 Å². The lowest BCUT2D eigenvalue weighted by atomic mass is 10.1. The van der Waals surface area contributed by atoms with Crippen LogP contribution < -0.4 is 0 Å². The fourth-order valence-corrected chi connectivity index (χ4v) is 1.28. The Morgan fingerprint density at radius 3 is 2.40 bits per heavy atom. The van der Waals surface area contributed by atoms with Gasteiger partial charge in [0, 0.05) is 0 Å². The van der Waals surface area contributed by atoms with Gasteiger partial charge in [-0.1, -0.05) is 12.1 Å². The van der Waals surface area contributed by atoms with Crippen LogP contribution >= 0.6 is 0 Å². The zero-order valence-electron chi connectivity index (χ0n) is 9.85. The van der Waals surface area contributed by atoms with E-state index < -0.39 is 36.0 Å². The van der Waals surface area contributed by atoms with Crippen LogP contribution in [0.4, 0.5) is 13.2 Å². The minimum absolute atomic E-state index is 0.0670. The van der Waals surface area contributed by atoms with Crippen molar-refractivity contribution < 1.29 is 37.7 Å². The number of carboxylic acids is 2. The van der Waals surface area contributed by atoms with Crippen molar-refractivity contribution in [1.29, 1.82) is 0 Å². The quantitative estimate of drug-likeness (QED) is 0.642. The van der Waals surface area contributed by atoms with Gasteiger partial charge < -0.3 is 14.9 Å². The molecule has 0 saturated carbocycles. The van der Waals surface area contributed by atoms with Crippen molar-refractivity contribution in [2.75, 3.05) is 0 Å². The fourth-order valence-electron chi connectivity index (χ4n) is 1.28. The number of carboxylic acid groups (broad SMARTS) is 2. The van der Waals surface area contributed by atoms with Crippen molar-refractivity contribution in [3.05, 3.63) is 47.2 Å². The van der Waals surface area contributed by atoms with Crippen LogP contribution in [0.1, 0.15) is 11.1 Å². The summed E-state index contributed by atoms with van der Waals surface area (Å²) in [5.41, 5.74) is -0.838. The molecule has 0 aliphatic carbocycles. The molecule has 0 aromatic heterocycles. The highest BCUT2D eigenvalue weighted by atomic mass is 19.4.